The van der Waals surface area contributed by atoms with Crippen molar-refractivity contribution >= 4 is 268 Å². The van der Waals surface area contributed by atoms with Gasteiger partial charge >= 0.3 is 0 Å². The van der Waals surface area contributed by atoms with Gasteiger partial charge < -0.3 is 42.8 Å². The lowest BCUT2D eigenvalue weighted by molar-refractivity contribution is 0.668. The van der Waals surface area contributed by atoms with Gasteiger partial charge in [0.05, 0.1) is 27.2 Å². The number of benzene rings is 21. The van der Waals surface area contributed by atoms with E-state index in [0.29, 0.717) is 0 Å². The average Bonchev–Trinajstić information content (AvgIpc) is 1.59. The van der Waals surface area contributed by atoms with Crippen molar-refractivity contribution in [1.29, 1.82) is 0 Å². The van der Waals surface area contributed by atoms with E-state index >= 15 is 0 Å². The molecule has 9 nitrogen and oxygen atoms in total. The van der Waals surface area contributed by atoms with Gasteiger partial charge in [-0.3, -0.25) is 0 Å². The maximum atomic E-state index is 6.77. The van der Waals surface area contributed by atoms with Crippen LogP contribution in [0, 0.1) is 0 Å². The van der Waals surface area contributed by atoms with Gasteiger partial charge in [-0.05, 0) is 272 Å². The molecule has 143 heavy (non-hydrogen) atoms. The third-order valence-corrected chi connectivity index (χ3v) is 34.2. The molecule has 0 saturated carbocycles. The van der Waals surface area contributed by atoms with Crippen LogP contribution in [-0.2, 0) is 0 Å². The van der Waals surface area contributed by atoms with E-state index in [0.717, 1.165) is 152 Å². The van der Waals surface area contributed by atoms with E-state index in [2.05, 4.69) is 565 Å². The van der Waals surface area contributed by atoms with Crippen LogP contribution >= 0.6 is 22.7 Å². The Balaban J connectivity index is 0.000000150. The number of anilines is 18. The first-order chi connectivity index (χ1) is 70.1. The van der Waals surface area contributed by atoms with Crippen LogP contribution in [0.15, 0.2) is 500 Å². The highest BCUT2D eigenvalue weighted by Gasteiger charge is 2.28. The van der Waals surface area contributed by atoms with Gasteiger partial charge in [-0.2, -0.15) is 0 Å². The lowest BCUT2D eigenvalue weighted by Gasteiger charge is -2.26. The van der Waals surface area contributed by atoms with E-state index < -0.39 is 16.1 Å². The minimum absolute atomic E-state index is 0.838. The summed E-state index contributed by atoms with van der Waals surface area (Å²) in [5.74, 6) is 0. The number of fused-ring (bicyclic) bond motifs is 16. The molecule has 686 valence electrons. The molecule has 0 saturated heterocycles. The fourth-order valence-electron chi connectivity index (χ4n) is 20.8. The van der Waals surface area contributed by atoms with E-state index in [1.54, 1.807) is 0 Å². The summed E-state index contributed by atoms with van der Waals surface area (Å²) in [4.78, 5) is 14.1. The highest BCUT2D eigenvalue weighted by molar-refractivity contribution is 7.26. The summed E-state index contributed by atoms with van der Waals surface area (Å²) in [5, 5.41) is 17.0. The molecule has 0 fully saturated rings. The summed E-state index contributed by atoms with van der Waals surface area (Å²) in [5.41, 5.74) is 26.6. The molecule has 0 aliphatic heterocycles. The Morgan fingerprint density at radius 3 is 0.867 bits per heavy atom. The van der Waals surface area contributed by atoms with Gasteiger partial charge in [0.2, 0.25) is 0 Å². The Morgan fingerprint density at radius 2 is 0.455 bits per heavy atom. The van der Waals surface area contributed by atoms with E-state index in [4.69, 9.17) is 8.83 Å². The first-order valence-corrected chi connectivity index (χ1v) is 57.5. The number of thiophene rings is 2. The Kier molecular flexibility index (Phi) is 22.2. The minimum atomic E-state index is -1.46. The van der Waals surface area contributed by atoms with Gasteiger partial charge in [0, 0.05) is 193 Å². The topological polar surface area (TPSA) is 50.7 Å². The van der Waals surface area contributed by atoms with Crippen molar-refractivity contribution in [3.8, 4) is 5.69 Å². The zero-order chi connectivity index (χ0) is 96.0. The second-order valence-corrected chi connectivity index (χ2v) is 51.2. The zero-order valence-corrected chi connectivity index (χ0v) is 83.7. The smallest absolute Gasteiger partial charge is 0.137 e. The standard InChI is InChI=1S/C66H44N4OS.C64H55N3OSSi2/c1-6-18-45(19-7-1)67(46-20-8-2-9-21-46)50-33-38-63-59(40-50)57-36-31-53(43-64(57)71-63)68(47-22-10-3-11-23-47)51-34-39-65-60(41-51)58-37-32-54(44-66(58)72-65)69(48-24-12-4-13-25-48)52-30-35-56-55-28-16-17-29-61(55)70(62(56)42-52)49-26-14-5-15-27-49;1-70(2,3)55-31-23-48(24-32-55)65(46-17-9-7-10-18-46)51-29-37-61-59(40-51)57-35-27-53(42-62(57)68-61)67(50-22-21-44-15-13-14-16-45(44)39-50)52-30-38-63-60(41-52)58-36-28-54(43-64(58)69-63)66(47-19-11-8-12-20-47)49-25-33-56(34-26-49)71(4,5)6/h1-44H;7-43H,1-6H3. The third kappa shape index (κ3) is 16.4. The molecule has 0 atom stereocenters. The summed E-state index contributed by atoms with van der Waals surface area (Å²) in [6.07, 6.45) is 0. The predicted molar refractivity (Wildman–Crippen MR) is 619 cm³/mol. The summed E-state index contributed by atoms with van der Waals surface area (Å²) in [6.45, 7) is 14.4. The second-order valence-electron chi connectivity index (χ2n) is 38.9. The van der Waals surface area contributed by atoms with Crippen LogP contribution in [-0.4, -0.2) is 20.7 Å². The van der Waals surface area contributed by atoms with E-state index in [9.17, 15) is 0 Å². The largest absolute Gasteiger partial charge is 0.456 e. The van der Waals surface area contributed by atoms with Crippen LogP contribution in [0.2, 0.25) is 39.3 Å². The fraction of sp³-hybridized carbons (Fsp3) is 0.0462. The molecule has 21 aromatic carbocycles. The Bertz CT molecular complexity index is 9230. The maximum Gasteiger partial charge on any atom is 0.137 e. The van der Waals surface area contributed by atoms with Gasteiger partial charge in [-0.25, -0.2) is 0 Å². The molecule has 26 rings (SSSR count). The number of furan rings is 2. The zero-order valence-electron chi connectivity index (χ0n) is 80.0. The molecule has 0 aliphatic rings. The van der Waals surface area contributed by atoms with Crippen molar-refractivity contribution in [3.63, 3.8) is 0 Å². The summed E-state index contributed by atoms with van der Waals surface area (Å²) < 4.78 is 20.8. The number of para-hydroxylation sites is 8. The molecular weight excluding hydrogens is 1810 g/mol. The highest BCUT2D eigenvalue weighted by Crippen LogP contribution is 2.51. The summed E-state index contributed by atoms with van der Waals surface area (Å²) in [6, 6.07) is 178. The van der Waals surface area contributed by atoms with Gasteiger partial charge in [0.15, 0.2) is 0 Å². The van der Waals surface area contributed by atoms with Gasteiger partial charge in [0.25, 0.3) is 0 Å². The number of hydrogen-bond donors (Lipinski definition) is 0. The molecule has 0 aliphatic carbocycles. The molecular formula is C130H99N7O2S2Si2. The fourth-order valence-corrected chi connectivity index (χ4v) is 25.3. The molecule has 0 bridgehead atoms. The molecule has 0 radical (unpaired) electrons. The van der Waals surface area contributed by atoms with Crippen LogP contribution < -0.4 is 39.8 Å². The molecule has 5 heterocycles. The Hall–Kier alpha value is -17.0. The van der Waals surface area contributed by atoms with Crippen molar-refractivity contribution in [2.75, 3.05) is 29.4 Å². The molecule has 0 spiro atoms. The average molecular weight is 1910 g/mol. The molecule has 13 heteroatoms. The molecule has 0 N–H and O–H groups in total. The Morgan fingerprint density at radius 1 is 0.175 bits per heavy atom. The SMILES string of the molecule is C[Si](C)(C)c1ccc(N(c2ccccc2)c2ccc3c(c2)sc2ccc(N(c4ccc5ccccc5c4)c4ccc5c(c4)oc4ccc(N(c6ccccc6)c6ccc([Si](C)(C)C)cc6)cc45)cc23)cc1.c1ccc(N(c2ccccc2)c2ccc3oc4cc(N(c5ccccc5)c5ccc6sc7cc(N(c8ccccc8)c8ccc9c%10ccccc%10n(-c%10ccccc%10)c9c8)ccc7c6c5)ccc4c3c2)cc1. The minimum Gasteiger partial charge on any atom is -0.456 e. The second kappa shape index (κ2) is 36.3. The third-order valence-electron chi connectivity index (χ3n) is 27.8. The quantitative estimate of drug-likeness (QED) is 0.0660. The number of nitrogens with zero attached hydrogens (tertiary/aromatic N) is 7. The van der Waals surface area contributed by atoms with Crippen molar-refractivity contribution in [2.24, 2.45) is 0 Å². The van der Waals surface area contributed by atoms with Crippen LogP contribution in [0.5, 0.6) is 0 Å². The number of rotatable bonds is 21. The lowest BCUT2D eigenvalue weighted by atomic mass is 10.1. The van der Waals surface area contributed by atoms with Gasteiger partial charge in [0.1, 0.15) is 22.3 Å². The summed E-state index contributed by atoms with van der Waals surface area (Å²) in [7, 11) is -2.91. The van der Waals surface area contributed by atoms with Crippen molar-refractivity contribution < 1.29 is 8.83 Å². The van der Waals surface area contributed by atoms with Gasteiger partial charge in [-0.1, -0.05) is 268 Å². The number of aromatic nitrogens is 1. The van der Waals surface area contributed by atoms with Crippen molar-refractivity contribution in [2.45, 2.75) is 39.3 Å². The van der Waals surface area contributed by atoms with E-state index in [-0.39, 0.29) is 0 Å². The molecule has 0 unspecified atom stereocenters. The Labute approximate surface area is 841 Å². The van der Waals surface area contributed by atoms with Crippen LogP contribution in [0.4, 0.5) is 102 Å². The van der Waals surface area contributed by atoms with Crippen molar-refractivity contribution in [3.05, 3.63) is 491 Å². The normalized spacial score (nSPS) is 11.8. The first-order valence-electron chi connectivity index (χ1n) is 48.9. The van der Waals surface area contributed by atoms with Crippen molar-refractivity contribution in [1.82, 2.24) is 4.57 Å². The van der Waals surface area contributed by atoms with E-state index in [1.165, 1.54) is 83.3 Å². The highest BCUT2D eigenvalue weighted by atomic mass is 32.1. The van der Waals surface area contributed by atoms with Crippen LogP contribution in [0.1, 0.15) is 0 Å². The van der Waals surface area contributed by atoms with E-state index in [1.807, 2.05) is 22.7 Å². The summed E-state index contributed by atoms with van der Waals surface area (Å²) >= 11 is 3.69. The predicted octanol–water partition coefficient (Wildman–Crippen LogP) is 38.1. The monoisotopic (exact) mass is 1910 g/mol. The van der Waals surface area contributed by atoms with Gasteiger partial charge in [-0.15, -0.1) is 22.7 Å². The molecule has 26 aromatic rings. The molecule has 0 amide bonds. The number of hydrogen-bond acceptors (Lipinski definition) is 10. The maximum absolute atomic E-state index is 6.77. The van der Waals surface area contributed by atoms with Crippen LogP contribution in [0.3, 0.4) is 0 Å². The lowest BCUT2D eigenvalue weighted by Crippen LogP contribution is -2.37. The van der Waals surface area contributed by atoms with Crippen LogP contribution in [0.25, 0.3) is 122 Å². The first kappa shape index (κ1) is 87.5. The molecule has 5 aromatic heterocycles.